The zero-order valence-electron chi connectivity index (χ0n) is 10.9. The second-order valence-electron chi connectivity index (χ2n) is 4.35. The van der Waals surface area contributed by atoms with Gasteiger partial charge in [-0.15, -0.1) is 0 Å². The smallest absolute Gasteiger partial charge is 0.241 e. The fraction of sp³-hybridized carbons (Fsp3) is 0.154. The van der Waals surface area contributed by atoms with Crippen molar-refractivity contribution >= 4 is 15.8 Å². The molecule has 0 saturated carbocycles. The molecule has 0 aliphatic carbocycles. The number of nitrogens with zero attached hydrogens (tertiary/aromatic N) is 1. The molecule has 2 rings (SSSR count). The first-order valence-corrected chi connectivity index (χ1v) is 7.57. The molecule has 0 aliphatic heterocycles. The number of nitrogens with two attached hydrogens (primary N) is 1. The molecule has 0 radical (unpaired) electrons. The lowest BCUT2D eigenvalue weighted by molar-refractivity contribution is 0.580. The van der Waals surface area contributed by atoms with E-state index in [0.717, 1.165) is 6.07 Å². The molecule has 0 amide bonds. The summed E-state index contributed by atoms with van der Waals surface area (Å²) in [6, 6.07) is 5.99. The predicted octanol–water partition coefficient (Wildman–Crippen LogP) is 1.66. The maximum Gasteiger partial charge on any atom is 0.241 e. The Labute approximate surface area is 120 Å². The SMILES string of the molecule is NS(=O)(=O)c1cccnc1NCCc1cc(F)cc(F)c1. The first-order chi connectivity index (χ1) is 9.86. The van der Waals surface area contributed by atoms with Gasteiger partial charge in [0.25, 0.3) is 0 Å². The summed E-state index contributed by atoms with van der Waals surface area (Å²) < 4.78 is 48.8. The third-order valence-corrected chi connectivity index (χ3v) is 3.65. The summed E-state index contributed by atoms with van der Waals surface area (Å²) in [4.78, 5) is 3.76. The average Bonchev–Trinajstić information content (AvgIpc) is 2.37. The standard InChI is InChI=1S/C13H13F2N3O2S/c14-10-6-9(7-11(15)8-10)3-5-18-13-12(21(16,19)20)2-1-4-17-13/h1-2,4,6-8H,3,5H2,(H,17,18)(H2,16,19,20). The number of halogens is 2. The number of hydrogen-bond acceptors (Lipinski definition) is 4. The van der Waals surface area contributed by atoms with Crippen LogP contribution in [0.1, 0.15) is 5.56 Å². The summed E-state index contributed by atoms with van der Waals surface area (Å²) in [5.74, 6) is -1.21. The van der Waals surface area contributed by atoms with Gasteiger partial charge < -0.3 is 5.32 Å². The summed E-state index contributed by atoms with van der Waals surface area (Å²) in [5, 5.41) is 7.87. The van der Waals surface area contributed by atoms with E-state index in [1.165, 1.54) is 30.5 Å². The number of primary sulfonamides is 1. The van der Waals surface area contributed by atoms with Crippen LogP contribution in [0.5, 0.6) is 0 Å². The van der Waals surface area contributed by atoms with Crippen LogP contribution < -0.4 is 10.5 Å². The van der Waals surface area contributed by atoms with Crippen LogP contribution >= 0.6 is 0 Å². The normalized spacial score (nSPS) is 11.4. The van der Waals surface area contributed by atoms with Crippen molar-refractivity contribution in [1.82, 2.24) is 4.98 Å². The van der Waals surface area contributed by atoms with Crippen LogP contribution in [-0.2, 0) is 16.4 Å². The number of sulfonamides is 1. The van der Waals surface area contributed by atoms with Gasteiger partial charge in [-0.25, -0.2) is 27.3 Å². The van der Waals surface area contributed by atoms with Gasteiger partial charge in [-0.3, -0.25) is 0 Å². The molecule has 0 unspecified atom stereocenters. The molecule has 3 N–H and O–H groups in total. The number of benzene rings is 1. The van der Waals surface area contributed by atoms with Gasteiger partial charge in [-0.05, 0) is 36.2 Å². The highest BCUT2D eigenvalue weighted by Gasteiger charge is 2.14. The quantitative estimate of drug-likeness (QED) is 0.879. The number of pyridine rings is 1. The highest BCUT2D eigenvalue weighted by molar-refractivity contribution is 7.89. The monoisotopic (exact) mass is 313 g/mol. The molecule has 0 spiro atoms. The van der Waals surface area contributed by atoms with Gasteiger partial charge in [0.05, 0.1) is 0 Å². The molecule has 0 bridgehead atoms. The zero-order valence-corrected chi connectivity index (χ0v) is 11.7. The second kappa shape index (κ2) is 6.15. The Morgan fingerprint density at radius 2 is 1.86 bits per heavy atom. The largest absolute Gasteiger partial charge is 0.369 e. The van der Waals surface area contributed by atoms with Crippen molar-refractivity contribution < 1.29 is 17.2 Å². The third kappa shape index (κ3) is 4.20. The van der Waals surface area contributed by atoms with E-state index in [1.54, 1.807) is 0 Å². The van der Waals surface area contributed by atoms with E-state index < -0.39 is 21.7 Å². The Hall–Kier alpha value is -2.06. The molecule has 1 aromatic heterocycles. The first kappa shape index (κ1) is 15.3. The van der Waals surface area contributed by atoms with Gasteiger partial charge in [-0.1, -0.05) is 0 Å². The van der Waals surface area contributed by atoms with E-state index in [4.69, 9.17) is 5.14 Å². The minimum atomic E-state index is -3.89. The average molecular weight is 313 g/mol. The molecule has 1 heterocycles. The van der Waals surface area contributed by atoms with Crippen molar-refractivity contribution in [2.24, 2.45) is 5.14 Å². The van der Waals surface area contributed by atoms with Gasteiger partial charge in [0.2, 0.25) is 10.0 Å². The lowest BCUT2D eigenvalue weighted by Crippen LogP contribution is -2.17. The van der Waals surface area contributed by atoms with Crippen LogP contribution in [0.2, 0.25) is 0 Å². The Balaban J connectivity index is 2.07. The van der Waals surface area contributed by atoms with Crippen molar-refractivity contribution in [2.45, 2.75) is 11.3 Å². The molecule has 112 valence electrons. The fourth-order valence-corrected chi connectivity index (χ4v) is 2.50. The molecule has 0 fully saturated rings. The van der Waals surface area contributed by atoms with Gasteiger partial charge in [-0.2, -0.15) is 0 Å². The van der Waals surface area contributed by atoms with Crippen LogP contribution in [0.3, 0.4) is 0 Å². The van der Waals surface area contributed by atoms with Crippen molar-refractivity contribution in [3.05, 3.63) is 53.7 Å². The maximum absolute atomic E-state index is 13.0. The summed E-state index contributed by atoms with van der Waals surface area (Å²) in [5.41, 5.74) is 0.452. The van der Waals surface area contributed by atoms with Crippen LogP contribution in [0.4, 0.5) is 14.6 Å². The van der Waals surface area contributed by atoms with Crippen LogP contribution in [-0.4, -0.2) is 19.9 Å². The molecule has 1 aromatic carbocycles. The number of hydrogen-bond donors (Lipinski definition) is 2. The van der Waals surface area contributed by atoms with Gasteiger partial charge >= 0.3 is 0 Å². The van der Waals surface area contributed by atoms with E-state index in [2.05, 4.69) is 10.3 Å². The Kier molecular flexibility index (Phi) is 4.49. The summed E-state index contributed by atoms with van der Waals surface area (Å²) in [6.45, 7) is 0.252. The van der Waals surface area contributed by atoms with E-state index in [0.29, 0.717) is 12.0 Å². The predicted molar refractivity (Wildman–Crippen MR) is 74.2 cm³/mol. The Morgan fingerprint density at radius 3 is 2.48 bits per heavy atom. The van der Waals surface area contributed by atoms with E-state index >= 15 is 0 Å². The number of aromatic nitrogens is 1. The lowest BCUT2D eigenvalue weighted by Gasteiger charge is -2.09. The summed E-state index contributed by atoms with van der Waals surface area (Å²) in [7, 11) is -3.89. The topological polar surface area (TPSA) is 85.1 Å². The molecule has 2 aromatic rings. The molecule has 8 heteroatoms. The summed E-state index contributed by atoms with van der Waals surface area (Å²) >= 11 is 0. The van der Waals surface area contributed by atoms with Crippen LogP contribution in [0.15, 0.2) is 41.4 Å². The van der Waals surface area contributed by atoms with Crippen molar-refractivity contribution in [3.63, 3.8) is 0 Å². The minimum absolute atomic E-state index is 0.108. The molecular weight excluding hydrogens is 300 g/mol. The highest BCUT2D eigenvalue weighted by Crippen LogP contribution is 2.16. The molecule has 0 atom stereocenters. The van der Waals surface area contributed by atoms with Crippen LogP contribution in [0, 0.1) is 11.6 Å². The maximum atomic E-state index is 13.0. The van der Waals surface area contributed by atoms with E-state index in [-0.39, 0.29) is 17.3 Å². The zero-order chi connectivity index (χ0) is 15.5. The summed E-state index contributed by atoms with van der Waals surface area (Å²) in [6.07, 6.45) is 1.72. The molecule has 5 nitrogen and oxygen atoms in total. The minimum Gasteiger partial charge on any atom is -0.369 e. The third-order valence-electron chi connectivity index (χ3n) is 2.71. The second-order valence-corrected chi connectivity index (χ2v) is 5.88. The van der Waals surface area contributed by atoms with Crippen molar-refractivity contribution in [1.29, 1.82) is 0 Å². The molecule has 0 saturated heterocycles. The number of rotatable bonds is 5. The van der Waals surface area contributed by atoms with Crippen molar-refractivity contribution in [2.75, 3.05) is 11.9 Å². The highest BCUT2D eigenvalue weighted by atomic mass is 32.2. The lowest BCUT2D eigenvalue weighted by atomic mass is 10.1. The van der Waals surface area contributed by atoms with Crippen LogP contribution in [0.25, 0.3) is 0 Å². The van der Waals surface area contributed by atoms with Gasteiger partial charge in [0.1, 0.15) is 22.3 Å². The molecular formula is C13H13F2N3O2S. The van der Waals surface area contributed by atoms with Gasteiger partial charge in [0.15, 0.2) is 0 Å². The Morgan fingerprint density at radius 1 is 1.19 bits per heavy atom. The number of nitrogens with one attached hydrogen (secondary N) is 1. The fourth-order valence-electron chi connectivity index (χ4n) is 1.83. The van der Waals surface area contributed by atoms with E-state index in [9.17, 15) is 17.2 Å². The molecule has 21 heavy (non-hydrogen) atoms. The number of anilines is 1. The van der Waals surface area contributed by atoms with Gasteiger partial charge in [0, 0.05) is 18.8 Å². The Bertz CT molecular complexity index is 731. The first-order valence-electron chi connectivity index (χ1n) is 6.03. The van der Waals surface area contributed by atoms with Crippen molar-refractivity contribution in [3.8, 4) is 0 Å². The molecule has 0 aliphatic rings. The van der Waals surface area contributed by atoms with E-state index in [1.807, 2.05) is 0 Å².